The zero-order valence-corrected chi connectivity index (χ0v) is 58.4. The Morgan fingerprint density at radius 1 is 0.282 bits per heavy atom. The van der Waals surface area contributed by atoms with E-state index in [9.17, 15) is 20.6 Å². The quantitative estimate of drug-likeness (QED) is 0.134. The van der Waals surface area contributed by atoms with Gasteiger partial charge in [-0.15, -0.1) is 0 Å². The first kappa shape index (κ1) is 47.3. The summed E-state index contributed by atoms with van der Waals surface area (Å²) in [4.78, 5) is 5.81. The van der Waals surface area contributed by atoms with Crippen molar-refractivity contribution in [3.63, 3.8) is 0 Å². The number of anilines is 9. The van der Waals surface area contributed by atoms with E-state index in [2.05, 4.69) is 104 Å². The highest BCUT2D eigenvalue weighted by atomic mass is 16.5. The molecule has 14 aromatic rings. The molecular weight excluding hydrogens is 1250 g/mol. The molecule has 494 valence electrons. The fourth-order valence-electron chi connectivity index (χ4n) is 15.8. The van der Waals surface area contributed by atoms with Crippen molar-refractivity contribution >= 4 is 97.4 Å². The predicted molar refractivity (Wildman–Crippen MR) is 435 cm³/mol. The lowest BCUT2D eigenvalue weighted by Gasteiger charge is -2.49. The number of ether oxygens (including phenoxy) is 2. The van der Waals surface area contributed by atoms with Crippen LogP contribution in [0.3, 0.4) is 0 Å². The minimum atomic E-state index is -1.42. The molecule has 5 aliphatic rings. The maximum atomic E-state index is 12.4. The molecule has 0 unspecified atom stereocenters. The fourth-order valence-corrected chi connectivity index (χ4v) is 15.8. The van der Waals surface area contributed by atoms with E-state index in [0.29, 0.717) is 50.5 Å². The molecule has 0 atom stereocenters. The summed E-state index contributed by atoms with van der Waals surface area (Å²) in [6.07, 6.45) is 0. The molecule has 0 bridgehead atoms. The van der Waals surface area contributed by atoms with Gasteiger partial charge in [-0.05, 0) is 177 Å². The van der Waals surface area contributed by atoms with Gasteiger partial charge >= 0.3 is 0 Å². The van der Waals surface area contributed by atoms with Crippen molar-refractivity contribution in [2.75, 3.05) is 14.7 Å². The average molecular weight is 1340 g/mol. The van der Waals surface area contributed by atoms with Gasteiger partial charge in [0.15, 0.2) is 0 Å². The number of hydrogen-bond donors (Lipinski definition) is 0. The van der Waals surface area contributed by atoms with Gasteiger partial charge < -0.3 is 24.2 Å². The highest BCUT2D eigenvalue weighted by Gasteiger charge is 2.54. The Hall–Kier alpha value is -11.8. The normalized spacial score (nSPS) is 15.7. The zero-order valence-electron chi connectivity index (χ0n) is 74.4. The van der Waals surface area contributed by atoms with Gasteiger partial charge in [0.05, 0.1) is 39.0 Å². The standard InChI is InChI=1S/C96H77B2N3O2/c1-94(2,3)68-47-50-76(73(55-68)64-38-24-14-25-39-64)99-79-52-66(60-30-16-10-17-31-60)46-49-75(79)97-87-80(99)57-70(96(7,8)9)58-81(87)100(77-51-48-69(95(4,5)6)56-74(77)65-40-26-15-27-41-65)82-59-83-90-93(89(82)97)103-86-54-67(61-32-18-11-19-33-61)53-85-91(86)98(90)88-78(44-29-45-84(88)102-85)101(83)92-71(62-34-20-12-21-35-62)42-28-43-72(92)63-36-22-13-23-37-63/h10-59H,1-9H3/i10D,16D,17D,28D,29D,30D,31D,42D,43D,45D,46D,49D,52D,53D,54D,59D. The Morgan fingerprint density at radius 2 is 0.767 bits per heavy atom. The van der Waals surface area contributed by atoms with Gasteiger partial charge in [-0.2, -0.15) is 0 Å². The molecule has 0 fully saturated rings. The van der Waals surface area contributed by atoms with E-state index in [1.165, 1.54) is 6.07 Å². The first-order valence-electron chi connectivity index (χ1n) is 43.1. The number of nitrogens with zero attached hydrogens (tertiary/aromatic N) is 3. The van der Waals surface area contributed by atoms with E-state index in [0.717, 1.165) is 33.4 Å². The summed E-state index contributed by atoms with van der Waals surface area (Å²) in [7, 11) is 0. The van der Waals surface area contributed by atoms with Crippen LogP contribution in [-0.2, 0) is 16.2 Å². The van der Waals surface area contributed by atoms with Gasteiger partial charge in [0, 0.05) is 61.8 Å². The van der Waals surface area contributed by atoms with Crippen LogP contribution in [0.15, 0.2) is 303 Å². The number of para-hydroxylation sites is 1. The molecule has 0 saturated heterocycles. The second-order valence-electron chi connectivity index (χ2n) is 30.3. The van der Waals surface area contributed by atoms with Crippen LogP contribution in [0.4, 0.5) is 51.2 Å². The molecule has 0 saturated carbocycles. The van der Waals surface area contributed by atoms with E-state index in [4.69, 9.17) is 10.8 Å². The monoisotopic (exact) mass is 1340 g/mol. The molecule has 19 rings (SSSR count). The number of rotatable bonds is 9. The summed E-state index contributed by atoms with van der Waals surface area (Å²) in [5.74, 6) is -0.243. The predicted octanol–water partition coefficient (Wildman–Crippen LogP) is 22.2. The van der Waals surface area contributed by atoms with Crippen molar-refractivity contribution in [2.24, 2.45) is 0 Å². The van der Waals surface area contributed by atoms with Gasteiger partial charge in [0.1, 0.15) is 23.0 Å². The Kier molecular flexibility index (Phi) is 10.7. The molecule has 0 spiro atoms. The minimum Gasteiger partial charge on any atom is -0.459 e. The van der Waals surface area contributed by atoms with Crippen molar-refractivity contribution in [2.45, 2.75) is 78.6 Å². The van der Waals surface area contributed by atoms with E-state index in [1.807, 2.05) is 144 Å². The molecule has 14 aromatic carbocycles. The summed E-state index contributed by atoms with van der Waals surface area (Å²) in [5.41, 5.74) is 9.07. The van der Waals surface area contributed by atoms with Gasteiger partial charge in [0.25, 0.3) is 13.4 Å². The summed E-state index contributed by atoms with van der Waals surface area (Å²) < 4.78 is 180. The number of hydrogen-bond acceptors (Lipinski definition) is 5. The third kappa shape index (κ3) is 9.98. The van der Waals surface area contributed by atoms with Crippen LogP contribution in [0.1, 0.15) is 101 Å². The third-order valence-electron chi connectivity index (χ3n) is 20.9. The Morgan fingerprint density at radius 3 is 1.30 bits per heavy atom. The van der Waals surface area contributed by atoms with Crippen molar-refractivity contribution in [3.05, 3.63) is 320 Å². The summed E-state index contributed by atoms with van der Waals surface area (Å²) in [6, 6.07) is 57.7. The molecule has 0 amide bonds. The molecule has 5 aliphatic heterocycles. The highest BCUT2D eigenvalue weighted by Crippen LogP contribution is 2.57. The van der Waals surface area contributed by atoms with Crippen molar-refractivity contribution in [1.29, 1.82) is 0 Å². The van der Waals surface area contributed by atoms with Crippen molar-refractivity contribution in [1.82, 2.24) is 0 Å². The average Bonchev–Trinajstić information content (AvgIpc) is 0.655. The smallest absolute Gasteiger partial charge is 0.266 e. The van der Waals surface area contributed by atoms with Crippen LogP contribution in [0.5, 0.6) is 23.0 Å². The second-order valence-corrected chi connectivity index (χ2v) is 30.3. The minimum absolute atomic E-state index is 0.00634. The van der Waals surface area contributed by atoms with Crippen LogP contribution in [0.25, 0.3) is 66.8 Å². The third-order valence-corrected chi connectivity index (χ3v) is 20.9. The van der Waals surface area contributed by atoms with Gasteiger partial charge in [-0.3, -0.25) is 0 Å². The molecule has 5 heterocycles. The lowest BCUT2D eigenvalue weighted by Crippen LogP contribution is -2.66. The largest absolute Gasteiger partial charge is 0.459 e. The molecule has 103 heavy (non-hydrogen) atoms. The molecule has 7 heteroatoms. The lowest BCUT2D eigenvalue weighted by molar-refractivity contribution is 0.466. The topological polar surface area (TPSA) is 28.2 Å². The first-order chi connectivity index (χ1) is 56.7. The second kappa shape index (κ2) is 23.4. The zero-order chi connectivity index (χ0) is 83.7. The summed E-state index contributed by atoms with van der Waals surface area (Å²) >= 11 is 0. The molecular formula is C96H77B2N3O2. The fraction of sp³-hybridized carbons (Fsp3) is 0.125. The maximum Gasteiger partial charge on any atom is 0.266 e. The van der Waals surface area contributed by atoms with Gasteiger partial charge in [-0.25, -0.2) is 0 Å². The molecule has 0 N–H and O–H groups in total. The first-order valence-corrected chi connectivity index (χ1v) is 35.1. The Balaban J connectivity index is 1.09. The van der Waals surface area contributed by atoms with Crippen LogP contribution < -0.4 is 57.0 Å². The van der Waals surface area contributed by atoms with Crippen LogP contribution >= 0.6 is 0 Å². The van der Waals surface area contributed by atoms with E-state index in [1.54, 1.807) is 29.2 Å². The van der Waals surface area contributed by atoms with Crippen LogP contribution in [-0.4, -0.2) is 13.4 Å². The van der Waals surface area contributed by atoms with E-state index >= 15 is 0 Å². The number of fused-ring (bicyclic) bond motifs is 5. The maximum absolute atomic E-state index is 12.4. The Bertz CT molecular complexity index is 6680. The van der Waals surface area contributed by atoms with E-state index < -0.39 is 95.2 Å². The van der Waals surface area contributed by atoms with Gasteiger partial charge in [0.2, 0.25) is 0 Å². The van der Waals surface area contributed by atoms with Gasteiger partial charge in [-0.1, -0.05) is 293 Å². The van der Waals surface area contributed by atoms with Crippen LogP contribution in [0, 0.1) is 0 Å². The highest BCUT2D eigenvalue weighted by molar-refractivity contribution is 7.04. The summed E-state index contributed by atoms with van der Waals surface area (Å²) in [6.45, 7) is 16.4. The Labute approximate surface area is 628 Å². The molecule has 0 aromatic heterocycles. The lowest BCUT2D eigenvalue weighted by atomic mass is 9.29. The summed E-state index contributed by atoms with van der Waals surface area (Å²) in [5, 5.41) is 0. The van der Waals surface area contributed by atoms with Crippen molar-refractivity contribution in [3.8, 4) is 89.8 Å². The SMILES string of the molecule is [2H]c1cc2c3c(c1[2H])Oc1c([2H])c(-c4ccccc4)c([2H])c4c1B3c1c(c3c(c([2H])c1N2c1c(-c2ccccc2)c([2H])c([2H])c([2H])c1-c1ccccc1)N(c1ccc(C(C)(C)C)cc1-c1ccccc1)c1cc(C(C)(C)C)cc2c1B3c1c([2H])c([2H])c(-c3c([2H])c([2H])c([2H])c([2H])c3[2H])c([2H])c1N2c1ccc(C(C)(C)C)cc1-c1ccccc1)O4. The molecule has 0 aliphatic carbocycles. The molecule has 5 nitrogen and oxygen atoms in total. The van der Waals surface area contributed by atoms with Crippen molar-refractivity contribution < 1.29 is 31.4 Å². The molecule has 0 radical (unpaired) electrons. The van der Waals surface area contributed by atoms with Crippen LogP contribution in [0.2, 0.25) is 0 Å². The van der Waals surface area contributed by atoms with E-state index in [-0.39, 0.29) is 138 Å². The number of benzene rings is 14.